The molecule has 3 aromatic rings. The van der Waals surface area contributed by atoms with Crippen LogP contribution in [-0.4, -0.2) is 26.9 Å². The smallest absolute Gasteiger partial charge is 0.291 e. The number of aromatic nitrogens is 3. The van der Waals surface area contributed by atoms with E-state index in [9.17, 15) is 4.79 Å². The van der Waals surface area contributed by atoms with Crippen molar-refractivity contribution in [2.45, 2.75) is 0 Å². The lowest BCUT2D eigenvalue weighted by Crippen LogP contribution is -2.18. The third-order valence-corrected chi connectivity index (χ3v) is 3.85. The summed E-state index contributed by atoms with van der Waals surface area (Å²) in [7, 11) is 1.91. The van der Waals surface area contributed by atoms with E-state index in [1.807, 2.05) is 47.5 Å². The summed E-state index contributed by atoms with van der Waals surface area (Å²) < 4.78 is 1.90. The van der Waals surface area contributed by atoms with Gasteiger partial charge in [-0.05, 0) is 29.6 Å². The number of hydrogen-bond donors (Lipinski definition) is 2. The van der Waals surface area contributed by atoms with E-state index in [2.05, 4.69) is 20.7 Å². The molecule has 1 amide bonds. The minimum absolute atomic E-state index is 0.308. The van der Waals surface area contributed by atoms with Crippen molar-refractivity contribution in [1.82, 2.24) is 20.2 Å². The van der Waals surface area contributed by atoms with Crippen molar-refractivity contribution in [3.8, 4) is 10.6 Å². The second-order valence-corrected chi connectivity index (χ2v) is 5.33. The first-order chi connectivity index (χ1) is 10.2. The highest BCUT2D eigenvalue weighted by molar-refractivity contribution is 7.13. The molecule has 0 unspecified atom stereocenters. The molecule has 0 fully saturated rings. The molecule has 0 atom stereocenters. The summed E-state index contributed by atoms with van der Waals surface area (Å²) >= 11 is 1.58. The molecule has 3 aromatic heterocycles. The Balaban J connectivity index is 1.66. The number of aromatic amines is 1. The molecule has 106 valence electrons. The van der Waals surface area contributed by atoms with Gasteiger partial charge in [0.05, 0.1) is 22.5 Å². The van der Waals surface area contributed by atoms with Crippen molar-refractivity contribution in [3.63, 3.8) is 0 Å². The van der Waals surface area contributed by atoms with Crippen LogP contribution in [0.3, 0.4) is 0 Å². The fraction of sp³-hybridized carbons (Fsp3) is 0.0714. The van der Waals surface area contributed by atoms with Gasteiger partial charge in [0.2, 0.25) is 0 Å². The molecule has 0 saturated carbocycles. The lowest BCUT2D eigenvalue weighted by Gasteiger charge is -1.96. The SMILES string of the molecule is Cn1cccc1C=NNC(=O)c1cc(-c2cccs2)[nH]n1. The van der Waals surface area contributed by atoms with Crippen LogP contribution in [0.1, 0.15) is 16.2 Å². The standard InChI is InChI=1S/C14H13N5OS/c1-19-6-2-4-10(19)9-15-18-14(20)12-8-11(16-17-12)13-5-3-7-21-13/h2-9H,1H3,(H,16,17)(H,18,20). The molecule has 3 rings (SSSR count). The Kier molecular flexibility index (Phi) is 3.65. The number of nitrogens with zero attached hydrogens (tertiary/aromatic N) is 3. The molecule has 2 N–H and O–H groups in total. The van der Waals surface area contributed by atoms with E-state index < -0.39 is 0 Å². The van der Waals surface area contributed by atoms with Gasteiger partial charge in [0.25, 0.3) is 5.91 Å². The Hall–Kier alpha value is -2.67. The first kappa shape index (κ1) is 13.3. The molecular weight excluding hydrogens is 286 g/mol. The first-order valence-electron chi connectivity index (χ1n) is 6.28. The van der Waals surface area contributed by atoms with Gasteiger partial charge in [-0.2, -0.15) is 10.2 Å². The van der Waals surface area contributed by atoms with Crippen LogP contribution in [0.4, 0.5) is 0 Å². The number of hydrogen-bond acceptors (Lipinski definition) is 4. The predicted octanol–water partition coefficient (Wildman–Crippen LogP) is 2.24. The zero-order valence-corrected chi connectivity index (χ0v) is 12.1. The normalized spacial score (nSPS) is 11.1. The van der Waals surface area contributed by atoms with Crippen LogP contribution in [0, 0.1) is 0 Å². The maximum atomic E-state index is 11.9. The average Bonchev–Trinajstić information content (AvgIpc) is 3.19. The average molecular weight is 299 g/mol. The number of hydrazone groups is 1. The third kappa shape index (κ3) is 2.92. The van der Waals surface area contributed by atoms with Gasteiger partial charge in [0.1, 0.15) is 0 Å². The number of carbonyl (C=O) groups is 1. The summed E-state index contributed by atoms with van der Waals surface area (Å²) in [5.41, 5.74) is 4.49. The fourth-order valence-electron chi connectivity index (χ4n) is 1.82. The summed E-state index contributed by atoms with van der Waals surface area (Å²) in [5.74, 6) is -0.348. The molecule has 0 aromatic carbocycles. The molecular formula is C14H13N5OS. The second-order valence-electron chi connectivity index (χ2n) is 4.39. The van der Waals surface area contributed by atoms with E-state index in [4.69, 9.17) is 0 Å². The number of thiophene rings is 1. The largest absolute Gasteiger partial charge is 0.350 e. The predicted molar refractivity (Wildman–Crippen MR) is 82.4 cm³/mol. The fourth-order valence-corrected chi connectivity index (χ4v) is 2.51. The van der Waals surface area contributed by atoms with Crippen molar-refractivity contribution >= 4 is 23.5 Å². The quantitative estimate of drug-likeness (QED) is 0.572. The topological polar surface area (TPSA) is 75.1 Å². The van der Waals surface area contributed by atoms with Crippen molar-refractivity contribution < 1.29 is 4.79 Å². The molecule has 0 radical (unpaired) electrons. The number of nitrogens with one attached hydrogen (secondary N) is 2. The zero-order valence-electron chi connectivity index (χ0n) is 11.3. The van der Waals surface area contributed by atoms with Gasteiger partial charge in [-0.15, -0.1) is 11.3 Å². The molecule has 21 heavy (non-hydrogen) atoms. The molecule has 0 aliphatic carbocycles. The number of carbonyl (C=O) groups excluding carboxylic acids is 1. The molecule has 0 aliphatic rings. The molecule has 3 heterocycles. The summed E-state index contributed by atoms with van der Waals surface area (Å²) in [4.78, 5) is 13.0. The van der Waals surface area contributed by atoms with Gasteiger partial charge in [-0.1, -0.05) is 6.07 Å². The minimum atomic E-state index is -0.348. The highest BCUT2D eigenvalue weighted by Gasteiger charge is 2.11. The molecule has 7 heteroatoms. The van der Waals surface area contributed by atoms with Gasteiger partial charge in [0, 0.05) is 13.2 Å². The van der Waals surface area contributed by atoms with Crippen LogP contribution >= 0.6 is 11.3 Å². The summed E-state index contributed by atoms with van der Waals surface area (Å²) in [5, 5.41) is 12.7. The van der Waals surface area contributed by atoms with Gasteiger partial charge in [0.15, 0.2) is 5.69 Å². The Morgan fingerprint density at radius 3 is 3.10 bits per heavy atom. The van der Waals surface area contributed by atoms with E-state index in [0.29, 0.717) is 5.69 Å². The van der Waals surface area contributed by atoms with Crippen LogP contribution < -0.4 is 5.43 Å². The van der Waals surface area contributed by atoms with Crippen LogP contribution in [0.5, 0.6) is 0 Å². The lowest BCUT2D eigenvalue weighted by atomic mass is 10.3. The van der Waals surface area contributed by atoms with Gasteiger partial charge >= 0.3 is 0 Å². The summed E-state index contributed by atoms with van der Waals surface area (Å²) in [6, 6.07) is 9.43. The van der Waals surface area contributed by atoms with Crippen molar-refractivity contribution in [2.24, 2.45) is 12.1 Å². The van der Waals surface area contributed by atoms with E-state index in [0.717, 1.165) is 16.3 Å². The van der Waals surface area contributed by atoms with E-state index >= 15 is 0 Å². The molecule has 0 bridgehead atoms. The monoisotopic (exact) mass is 299 g/mol. The van der Waals surface area contributed by atoms with Crippen molar-refractivity contribution in [2.75, 3.05) is 0 Å². The Bertz CT molecular complexity index is 769. The van der Waals surface area contributed by atoms with Crippen molar-refractivity contribution in [3.05, 3.63) is 53.3 Å². The highest BCUT2D eigenvalue weighted by atomic mass is 32.1. The molecule has 0 spiro atoms. The second kappa shape index (κ2) is 5.76. The van der Waals surface area contributed by atoms with Crippen LogP contribution in [-0.2, 0) is 7.05 Å². The third-order valence-electron chi connectivity index (χ3n) is 2.94. The molecule has 0 saturated heterocycles. The molecule has 0 aliphatic heterocycles. The Morgan fingerprint density at radius 1 is 1.48 bits per heavy atom. The van der Waals surface area contributed by atoms with Crippen LogP contribution in [0.15, 0.2) is 47.0 Å². The Labute approximate surface area is 125 Å². The summed E-state index contributed by atoms with van der Waals surface area (Å²) in [6.45, 7) is 0. The minimum Gasteiger partial charge on any atom is -0.350 e. The van der Waals surface area contributed by atoms with Crippen LogP contribution in [0.2, 0.25) is 0 Å². The number of H-pyrrole nitrogens is 1. The number of rotatable bonds is 4. The van der Waals surface area contributed by atoms with Crippen molar-refractivity contribution in [1.29, 1.82) is 0 Å². The van der Waals surface area contributed by atoms with Gasteiger partial charge in [-0.25, -0.2) is 5.43 Å². The van der Waals surface area contributed by atoms with Gasteiger partial charge < -0.3 is 4.57 Å². The van der Waals surface area contributed by atoms with E-state index in [1.165, 1.54) is 0 Å². The van der Waals surface area contributed by atoms with Crippen LogP contribution in [0.25, 0.3) is 10.6 Å². The Morgan fingerprint density at radius 2 is 2.38 bits per heavy atom. The maximum Gasteiger partial charge on any atom is 0.291 e. The highest BCUT2D eigenvalue weighted by Crippen LogP contribution is 2.22. The molecule has 6 nitrogen and oxygen atoms in total. The maximum absolute atomic E-state index is 11.9. The number of amides is 1. The van der Waals surface area contributed by atoms with Gasteiger partial charge in [-0.3, -0.25) is 9.89 Å². The summed E-state index contributed by atoms with van der Waals surface area (Å²) in [6.07, 6.45) is 3.49. The first-order valence-corrected chi connectivity index (χ1v) is 7.16. The lowest BCUT2D eigenvalue weighted by molar-refractivity contribution is 0.0950. The number of aryl methyl sites for hydroxylation is 1. The van der Waals surface area contributed by atoms with E-state index in [1.54, 1.807) is 23.6 Å². The zero-order chi connectivity index (χ0) is 14.7. The van der Waals surface area contributed by atoms with E-state index in [-0.39, 0.29) is 5.91 Å².